The van der Waals surface area contributed by atoms with Gasteiger partial charge in [-0.25, -0.2) is 31.3 Å². The summed E-state index contributed by atoms with van der Waals surface area (Å²) in [6.07, 6.45) is 0.500. The van der Waals surface area contributed by atoms with Crippen molar-refractivity contribution in [1.82, 2.24) is 14.0 Å². The molecule has 0 spiro atoms. The number of piperazine rings is 1. The molecule has 37 heavy (non-hydrogen) atoms. The van der Waals surface area contributed by atoms with Gasteiger partial charge in [0.25, 0.3) is 0 Å². The Morgan fingerprint density at radius 1 is 1.05 bits per heavy atom. The highest BCUT2D eigenvalue weighted by Gasteiger charge is 2.34. The van der Waals surface area contributed by atoms with Gasteiger partial charge in [0, 0.05) is 31.5 Å². The molecule has 1 saturated heterocycles. The van der Waals surface area contributed by atoms with Crippen molar-refractivity contribution in [2.75, 3.05) is 36.9 Å². The fraction of sp³-hybridized carbons (Fsp3) is 0.417. The second-order valence-corrected chi connectivity index (χ2v) is 13.0. The van der Waals surface area contributed by atoms with E-state index >= 15 is 0 Å². The van der Waals surface area contributed by atoms with Crippen molar-refractivity contribution in [3.63, 3.8) is 0 Å². The lowest BCUT2D eigenvalue weighted by Crippen LogP contribution is -2.54. The molecule has 1 aromatic heterocycles. The molecule has 11 nitrogen and oxygen atoms in total. The average Bonchev–Trinajstić information content (AvgIpc) is 2.83. The first-order valence-corrected chi connectivity index (χ1v) is 14.4. The third-order valence-corrected chi connectivity index (χ3v) is 8.68. The van der Waals surface area contributed by atoms with E-state index in [2.05, 4.69) is 26.9 Å². The first kappa shape index (κ1) is 28.4. The van der Waals surface area contributed by atoms with E-state index in [0.717, 1.165) is 5.69 Å². The highest BCUT2D eigenvalue weighted by molar-refractivity contribution is 7.89. The molecule has 2 N–H and O–H groups in total. The van der Waals surface area contributed by atoms with E-state index in [4.69, 9.17) is 4.74 Å². The summed E-state index contributed by atoms with van der Waals surface area (Å²) in [4.78, 5) is 18.1. The van der Waals surface area contributed by atoms with Crippen LogP contribution in [0.2, 0.25) is 0 Å². The molecular weight excluding hydrogens is 518 g/mol. The lowest BCUT2D eigenvalue weighted by molar-refractivity contribution is 0.0635. The van der Waals surface area contributed by atoms with Crippen molar-refractivity contribution in [3.8, 4) is 11.8 Å². The lowest BCUT2D eigenvalue weighted by atomic mass is 10.1. The van der Waals surface area contributed by atoms with Gasteiger partial charge in [-0.3, -0.25) is 5.32 Å². The van der Waals surface area contributed by atoms with Crippen LogP contribution in [0.3, 0.4) is 0 Å². The zero-order valence-corrected chi connectivity index (χ0v) is 23.0. The van der Waals surface area contributed by atoms with Crippen molar-refractivity contribution in [3.05, 3.63) is 42.6 Å². The summed E-state index contributed by atoms with van der Waals surface area (Å²) in [7, 11) is -6.10. The molecule has 13 heteroatoms. The molecule has 3 rings (SSSR count). The van der Waals surface area contributed by atoms with Crippen LogP contribution in [0.25, 0.3) is 0 Å². The maximum absolute atomic E-state index is 13.3. The molecule has 1 fully saturated rings. The van der Waals surface area contributed by atoms with Gasteiger partial charge in [-0.05, 0) is 71.1 Å². The topological polar surface area (TPSA) is 138 Å². The smallest absolute Gasteiger partial charge is 0.413 e. The van der Waals surface area contributed by atoms with Crippen LogP contribution in [0.15, 0.2) is 52.4 Å². The highest BCUT2D eigenvalue weighted by atomic mass is 32.2. The summed E-state index contributed by atoms with van der Waals surface area (Å²) in [6, 6.07) is 8.69. The Labute approximate surface area is 218 Å². The number of sulfonamides is 2. The molecule has 1 aliphatic rings. The van der Waals surface area contributed by atoms with Crippen molar-refractivity contribution < 1.29 is 26.4 Å². The Morgan fingerprint density at radius 3 is 2.24 bits per heavy atom. The van der Waals surface area contributed by atoms with Gasteiger partial charge in [0.2, 0.25) is 20.0 Å². The predicted molar refractivity (Wildman–Crippen MR) is 140 cm³/mol. The van der Waals surface area contributed by atoms with Crippen LogP contribution < -0.4 is 14.9 Å². The molecule has 1 unspecified atom stereocenters. The zero-order chi connectivity index (χ0) is 27.4. The maximum Gasteiger partial charge on any atom is 0.413 e. The second kappa shape index (κ2) is 11.1. The Hall–Kier alpha value is -3.18. The number of nitrogens with one attached hydrogen (secondary N) is 2. The lowest BCUT2D eigenvalue weighted by Gasteiger charge is -2.39. The molecule has 1 amide bonds. The molecule has 1 aliphatic heterocycles. The Morgan fingerprint density at radius 2 is 1.70 bits per heavy atom. The zero-order valence-electron chi connectivity index (χ0n) is 21.3. The fourth-order valence-electron chi connectivity index (χ4n) is 3.67. The van der Waals surface area contributed by atoms with Crippen LogP contribution in [-0.4, -0.2) is 70.5 Å². The number of nitrogens with zero attached hydrogens (tertiary/aromatic N) is 3. The minimum atomic E-state index is -3.88. The SMILES string of the molecule is CC#CC1CN(S(=O)(=O)c2ccc(NC(=O)OC(C)(C)C)nc2)CCN1c1ccc(S(=O)(=O)NC)cc1. The van der Waals surface area contributed by atoms with Gasteiger partial charge in [0.1, 0.15) is 22.4 Å². The number of ether oxygens (including phenoxy) is 1. The minimum absolute atomic E-state index is 0.0134. The molecule has 200 valence electrons. The van der Waals surface area contributed by atoms with Crippen molar-refractivity contribution in [1.29, 1.82) is 0 Å². The third kappa shape index (κ3) is 6.98. The number of benzene rings is 1. The fourth-order valence-corrected chi connectivity index (χ4v) is 5.79. The Balaban J connectivity index is 1.75. The molecule has 0 bridgehead atoms. The van der Waals surface area contributed by atoms with Crippen LogP contribution in [0, 0.1) is 11.8 Å². The highest BCUT2D eigenvalue weighted by Crippen LogP contribution is 2.26. The first-order valence-electron chi connectivity index (χ1n) is 11.5. The van der Waals surface area contributed by atoms with Crippen LogP contribution in [0.1, 0.15) is 27.7 Å². The number of hydrogen-bond acceptors (Lipinski definition) is 8. The normalized spacial score (nSPS) is 17.0. The molecule has 0 aliphatic carbocycles. The van der Waals surface area contributed by atoms with E-state index in [0.29, 0.717) is 6.54 Å². The molecule has 2 heterocycles. The summed E-state index contributed by atoms with van der Waals surface area (Å²) in [5.74, 6) is 6.07. The van der Waals surface area contributed by atoms with E-state index in [-0.39, 0.29) is 28.7 Å². The monoisotopic (exact) mass is 549 g/mol. The second-order valence-electron chi connectivity index (χ2n) is 9.17. The third-order valence-electron chi connectivity index (χ3n) is 5.40. The van der Waals surface area contributed by atoms with Crippen molar-refractivity contribution in [2.45, 2.75) is 49.1 Å². The van der Waals surface area contributed by atoms with Gasteiger partial charge < -0.3 is 9.64 Å². The molecular formula is C24H31N5O6S2. The van der Waals surface area contributed by atoms with Gasteiger partial charge in [0.05, 0.1) is 4.90 Å². The molecule has 2 aromatic rings. The summed E-state index contributed by atoms with van der Waals surface area (Å²) >= 11 is 0. The standard InChI is InChI=1S/C24H31N5O6S2/c1-6-7-19-17-28(14-15-29(19)18-8-10-20(11-9-18)36(31,32)25-5)37(33,34)21-12-13-22(26-16-21)27-23(30)35-24(2,3)4/h8-13,16,19,25H,14-15,17H2,1-5H3,(H,26,27,30). The van der Waals surface area contributed by atoms with Crippen molar-refractivity contribution >= 4 is 37.6 Å². The summed E-state index contributed by atoms with van der Waals surface area (Å²) in [6.45, 7) is 7.52. The summed E-state index contributed by atoms with van der Waals surface area (Å²) < 4.78 is 59.5. The number of hydrogen-bond donors (Lipinski definition) is 2. The largest absolute Gasteiger partial charge is 0.444 e. The van der Waals surface area contributed by atoms with E-state index < -0.39 is 37.8 Å². The molecule has 0 saturated carbocycles. The van der Waals surface area contributed by atoms with E-state index in [1.54, 1.807) is 39.8 Å². The van der Waals surface area contributed by atoms with Crippen molar-refractivity contribution in [2.24, 2.45) is 0 Å². The van der Waals surface area contributed by atoms with Crippen LogP contribution in [0.4, 0.5) is 16.3 Å². The Bertz CT molecular complexity index is 1390. The van der Waals surface area contributed by atoms with Gasteiger partial charge >= 0.3 is 6.09 Å². The van der Waals surface area contributed by atoms with Gasteiger partial charge in [-0.15, -0.1) is 5.92 Å². The molecule has 1 aromatic carbocycles. The predicted octanol–water partition coefficient (Wildman–Crippen LogP) is 2.24. The number of aromatic nitrogens is 1. The number of rotatable bonds is 6. The minimum Gasteiger partial charge on any atom is -0.444 e. The van der Waals surface area contributed by atoms with Gasteiger partial charge in [-0.2, -0.15) is 4.31 Å². The average molecular weight is 550 g/mol. The number of carbonyl (C=O) groups is 1. The first-order chi connectivity index (χ1) is 17.3. The number of anilines is 2. The van der Waals surface area contributed by atoms with Crippen LogP contribution >= 0.6 is 0 Å². The van der Waals surface area contributed by atoms with Crippen LogP contribution in [-0.2, 0) is 24.8 Å². The maximum atomic E-state index is 13.3. The Kier molecular flexibility index (Phi) is 8.49. The summed E-state index contributed by atoms with van der Waals surface area (Å²) in [5, 5.41) is 2.47. The molecule has 1 atom stereocenters. The quantitative estimate of drug-likeness (QED) is 0.524. The number of carbonyl (C=O) groups excluding carboxylic acids is 1. The van der Waals surface area contributed by atoms with Crippen LogP contribution in [0.5, 0.6) is 0 Å². The van der Waals surface area contributed by atoms with Gasteiger partial charge in [0.15, 0.2) is 0 Å². The van der Waals surface area contributed by atoms with E-state index in [9.17, 15) is 21.6 Å². The number of amides is 1. The summed E-state index contributed by atoms with van der Waals surface area (Å²) in [5.41, 5.74) is 0.0546. The number of pyridine rings is 1. The van der Waals surface area contributed by atoms with E-state index in [1.165, 1.54) is 41.8 Å². The molecule has 0 radical (unpaired) electrons. The van der Waals surface area contributed by atoms with Gasteiger partial charge in [-0.1, -0.05) is 5.92 Å². The van der Waals surface area contributed by atoms with E-state index in [1.807, 2.05) is 4.90 Å².